The standard InChI is InChI=1S/C15H26N2O4.ClH/c1-14(2,3)21-13(20)16-15(12(18)19)6-8-17(9-7-15)10-11-4-5-11;/h11H,4-10H2,1-3H3,(H,16,20)(H,18,19);1H. The lowest BCUT2D eigenvalue weighted by molar-refractivity contribution is -0.147. The zero-order valence-corrected chi connectivity index (χ0v) is 14.4. The van der Waals surface area contributed by atoms with Crippen LogP contribution in [-0.2, 0) is 9.53 Å². The molecule has 128 valence electrons. The molecule has 0 aromatic heterocycles. The molecule has 0 aromatic carbocycles. The van der Waals surface area contributed by atoms with Gasteiger partial charge in [0, 0.05) is 19.6 Å². The van der Waals surface area contributed by atoms with Crippen LogP contribution >= 0.6 is 12.4 Å². The average molecular weight is 335 g/mol. The van der Waals surface area contributed by atoms with E-state index in [-0.39, 0.29) is 12.4 Å². The Kier molecular flexibility index (Phi) is 6.10. The van der Waals surface area contributed by atoms with Gasteiger partial charge in [0.2, 0.25) is 0 Å². The Morgan fingerprint density at radius 2 is 1.82 bits per heavy atom. The third-order valence-electron chi connectivity index (χ3n) is 4.07. The number of hydrogen-bond donors (Lipinski definition) is 2. The van der Waals surface area contributed by atoms with Crippen molar-refractivity contribution in [3.63, 3.8) is 0 Å². The van der Waals surface area contributed by atoms with Crippen molar-refractivity contribution in [3.8, 4) is 0 Å². The molecule has 1 heterocycles. The Morgan fingerprint density at radius 3 is 2.23 bits per heavy atom. The van der Waals surface area contributed by atoms with Gasteiger partial charge in [-0.05, 0) is 52.4 Å². The molecule has 1 saturated carbocycles. The van der Waals surface area contributed by atoms with Gasteiger partial charge in [-0.15, -0.1) is 12.4 Å². The van der Waals surface area contributed by atoms with Crippen LogP contribution < -0.4 is 5.32 Å². The molecule has 0 radical (unpaired) electrons. The van der Waals surface area contributed by atoms with Gasteiger partial charge in [0.15, 0.2) is 0 Å². The number of rotatable bonds is 4. The Morgan fingerprint density at radius 1 is 1.27 bits per heavy atom. The lowest BCUT2D eigenvalue weighted by Crippen LogP contribution is -2.60. The third-order valence-corrected chi connectivity index (χ3v) is 4.07. The fraction of sp³-hybridized carbons (Fsp3) is 0.867. The van der Waals surface area contributed by atoms with E-state index in [0.717, 1.165) is 12.5 Å². The molecule has 0 bridgehead atoms. The third kappa shape index (κ3) is 5.32. The number of nitrogens with zero attached hydrogens (tertiary/aromatic N) is 1. The highest BCUT2D eigenvalue weighted by Crippen LogP contribution is 2.32. The highest BCUT2D eigenvalue weighted by Gasteiger charge is 2.44. The molecule has 2 aliphatic rings. The first-order valence-corrected chi connectivity index (χ1v) is 7.67. The van der Waals surface area contributed by atoms with Gasteiger partial charge in [-0.3, -0.25) is 0 Å². The Balaban J connectivity index is 0.00000242. The summed E-state index contributed by atoms with van der Waals surface area (Å²) in [5.74, 6) is -0.180. The second-order valence-electron chi connectivity index (χ2n) is 7.26. The largest absolute Gasteiger partial charge is 0.480 e. The lowest BCUT2D eigenvalue weighted by atomic mass is 9.87. The number of aliphatic carboxylic acids is 1. The van der Waals surface area contributed by atoms with E-state index in [1.165, 1.54) is 12.8 Å². The van der Waals surface area contributed by atoms with Gasteiger partial charge in [-0.25, -0.2) is 9.59 Å². The summed E-state index contributed by atoms with van der Waals surface area (Å²) in [5, 5.41) is 12.1. The summed E-state index contributed by atoms with van der Waals surface area (Å²) in [7, 11) is 0. The number of halogens is 1. The van der Waals surface area contributed by atoms with E-state index in [9.17, 15) is 14.7 Å². The van der Waals surface area contributed by atoms with Crippen LogP contribution in [0.3, 0.4) is 0 Å². The minimum atomic E-state index is -1.19. The van der Waals surface area contributed by atoms with Crippen molar-refractivity contribution >= 4 is 24.5 Å². The van der Waals surface area contributed by atoms with Gasteiger partial charge in [0.25, 0.3) is 0 Å². The SMILES string of the molecule is CC(C)(C)OC(=O)NC1(C(=O)O)CCN(CC2CC2)CC1.Cl. The lowest BCUT2D eigenvalue weighted by Gasteiger charge is -2.39. The van der Waals surface area contributed by atoms with Crippen LogP contribution in [0.25, 0.3) is 0 Å². The van der Waals surface area contributed by atoms with Crippen molar-refractivity contribution in [1.82, 2.24) is 10.2 Å². The summed E-state index contributed by atoms with van der Waals surface area (Å²) >= 11 is 0. The first-order chi connectivity index (χ1) is 9.70. The number of alkyl carbamates (subject to hydrolysis) is 1. The molecule has 7 heteroatoms. The molecule has 1 aliphatic carbocycles. The van der Waals surface area contributed by atoms with Crippen molar-refractivity contribution in [1.29, 1.82) is 0 Å². The maximum atomic E-state index is 11.9. The maximum Gasteiger partial charge on any atom is 0.408 e. The summed E-state index contributed by atoms with van der Waals surface area (Å²) in [6.07, 6.45) is 2.77. The average Bonchev–Trinajstić information content (AvgIpc) is 3.13. The Labute approximate surface area is 138 Å². The highest BCUT2D eigenvalue weighted by molar-refractivity contribution is 5.85. The van der Waals surface area contributed by atoms with E-state index >= 15 is 0 Å². The molecule has 2 fully saturated rings. The quantitative estimate of drug-likeness (QED) is 0.824. The number of carboxylic acid groups (broad SMARTS) is 1. The van der Waals surface area contributed by atoms with E-state index in [1.807, 2.05) is 0 Å². The van der Waals surface area contributed by atoms with E-state index in [1.54, 1.807) is 20.8 Å². The number of likely N-dealkylation sites (tertiary alicyclic amines) is 1. The van der Waals surface area contributed by atoms with Crippen molar-refractivity contribution in [3.05, 3.63) is 0 Å². The number of carboxylic acids is 1. The van der Waals surface area contributed by atoms with Crippen LogP contribution in [0.15, 0.2) is 0 Å². The molecular formula is C15H27ClN2O4. The second kappa shape index (κ2) is 7.04. The predicted octanol–water partition coefficient (Wildman–Crippen LogP) is 2.26. The molecule has 1 amide bonds. The van der Waals surface area contributed by atoms with Crippen LogP contribution in [0.4, 0.5) is 4.79 Å². The van der Waals surface area contributed by atoms with Gasteiger partial charge in [0.05, 0.1) is 0 Å². The molecule has 2 N–H and O–H groups in total. The number of ether oxygens (including phenoxy) is 1. The Hall–Kier alpha value is -1.01. The van der Waals surface area contributed by atoms with Crippen LogP contribution in [-0.4, -0.2) is 52.8 Å². The summed E-state index contributed by atoms with van der Waals surface area (Å²) in [5.41, 5.74) is -1.82. The number of nitrogens with one attached hydrogen (secondary N) is 1. The fourth-order valence-electron chi connectivity index (χ4n) is 2.67. The molecule has 6 nitrogen and oxygen atoms in total. The smallest absolute Gasteiger partial charge is 0.408 e. The summed E-state index contributed by atoms with van der Waals surface area (Å²) in [6.45, 7) is 7.76. The molecule has 0 aromatic rings. The van der Waals surface area contributed by atoms with E-state index in [0.29, 0.717) is 25.9 Å². The van der Waals surface area contributed by atoms with Crippen LogP contribution in [0.5, 0.6) is 0 Å². The number of amides is 1. The minimum absolute atomic E-state index is 0. The zero-order chi connectivity index (χ0) is 15.7. The highest BCUT2D eigenvalue weighted by atomic mass is 35.5. The number of hydrogen-bond acceptors (Lipinski definition) is 4. The maximum absolute atomic E-state index is 11.9. The molecule has 2 rings (SSSR count). The first kappa shape index (κ1) is 19.0. The van der Waals surface area contributed by atoms with Crippen molar-refractivity contribution in [2.75, 3.05) is 19.6 Å². The van der Waals surface area contributed by atoms with Crippen molar-refractivity contribution in [2.24, 2.45) is 5.92 Å². The molecule has 0 spiro atoms. The summed E-state index contributed by atoms with van der Waals surface area (Å²) in [4.78, 5) is 25.8. The molecular weight excluding hydrogens is 308 g/mol. The van der Waals surface area contributed by atoms with Gasteiger partial charge in [0.1, 0.15) is 11.1 Å². The van der Waals surface area contributed by atoms with E-state index < -0.39 is 23.2 Å². The minimum Gasteiger partial charge on any atom is -0.480 e. The van der Waals surface area contributed by atoms with Crippen LogP contribution in [0, 0.1) is 5.92 Å². The van der Waals surface area contributed by atoms with Crippen molar-refractivity contribution < 1.29 is 19.4 Å². The summed E-state index contributed by atoms with van der Waals surface area (Å²) in [6, 6.07) is 0. The van der Waals surface area contributed by atoms with E-state index in [4.69, 9.17) is 4.74 Å². The monoisotopic (exact) mass is 334 g/mol. The van der Waals surface area contributed by atoms with E-state index in [2.05, 4.69) is 10.2 Å². The van der Waals surface area contributed by atoms with Crippen LogP contribution in [0.1, 0.15) is 46.5 Å². The number of piperidine rings is 1. The van der Waals surface area contributed by atoms with Gasteiger partial charge in [-0.1, -0.05) is 0 Å². The molecule has 1 aliphatic heterocycles. The van der Waals surface area contributed by atoms with Gasteiger partial charge in [-0.2, -0.15) is 0 Å². The van der Waals surface area contributed by atoms with Crippen molar-refractivity contribution in [2.45, 2.75) is 57.6 Å². The molecule has 0 atom stereocenters. The zero-order valence-electron chi connectivity index (χ0n) is 13.6. The number of carbonyl (C=O) groups excluding carboxylic acids is 1. The molecule has 0 unspecified atom stereocenters. The van der Waals surface area contributed by atoms with Crippen LogP contribution in [0.2, 0.25) is 0 Å². The van der Waals surface area contributed by atoms with Gasteiger partial charge < -0.3 is 20.1 Å². The second-order valence-corrected chi connectivity index (χ2v) is 7.26. The number of carbonyl (C=O) groups is 2. The Bertz CT molecular complexity index is 410. The normalized spacial score (nSPS) is 21.6. The first-order valence-electron chi connectivity index (χ1n) is 7.67. The predicted molar refractivity (Wildman–Crippen MR) is 85.4 cm³/mol. The fourth-order valence-corrected chi connectivity index (χ4v) is 2.67. The van der Waals surface area contributed by atoms with Gasteiger partial charge >= 0.3 is 12.1 Å². The molecule has 1 saturated heterocycles. The summed E-state index contributed by atoms with van der Waals surface area (Å²) < 4.78 is 5.19. The molecule has 22 heavy (non-hydrogen) atoms. The topological polar surface area (TPSA) is 78.9 Å².